The number of carbonyl (C=O) groups is 1. The zero-order chi connectivity index (χ0) is 18.5. The van der Waals surface area contributed by atoms with Gasteiger partial charge in [-0.2, -0.15) is 5.10 Å². The van der Waals surface area contributed by atoms with Crippen molar-refractivity contribution in [1.82, 2.24) is 10.7 Å². The maximum absolute atomic E-state index is 13.7. The minimum absolute atomic E-state index is 0.0892. The van der Waals surface area contributed by atoms with Crippen molar-refractivity contribution in [3.8, 4) is 11.1 Å². The number of nitrogens with one attached hydrogen (secondary N) is 2. The highest BCUT2D eigenvalue weighted by molar-refractivity contribution is 6.30. The van der Waals surface area contributed by atoms with Gasteiger partial charge in [-0.3, -0.25) is 4.79 Å². The first-order valence-corrected chi connectivity index (χ1v) is 8.68. The molecule has 1 saturated heterocycles. The molecule has 3 N–H and O–H groups in total. The van der Waals surface area contributed by atoms with Crippen molar-refractivity contribution in [3.05, 3.63) is 58.9 Å². The van der Waals surface area contributed by atoms with Crippen LogP contribution in [-0.2, 0) is 4.79 Å². The van der Waals surface area contributed by atoms with E-state index in [9.17, 15) is 9.18 Å². The standard InChI is InChI=1S/C19H19ClFN3O2/c20-15-3-1-12(2-4-15)18-6-5-16(21)7-13(18)10-23-24-17-8-14(19(25)26)9-22-11-17/h1-7,10,14,17,22,24H,8-9,11H2,(H,25,26)/b23-10+/t14-,17+/m1/s1. The van der Waals surface area contributed by atoms with E-state index in [1.807, 2.05) is 12.1 Å². The molecular formula is C19H19ClFN3O2. The summed E-state index contributed by atoms with van der Waals surface area (Å²) in [7, 11) is 0. The molecule has 2 aromatic carbocycles. The van der Waals surface area contributed by atoms with Crippen molar-refractivity contribution in [2.75, 3.05) is 13.1 Å². The SMILES string of the molecule is O=C(O)[C@H]1CNC[C@@H](N/N=C/c2cc(F)ccc2-c2ccc(Cl)cc2)C1. The van der Waals surface area contributed by atoms with Crippen LogP contribution in [0.15, 0.2) is 47.6 Å². The summed E-state index contributed by atoms with van der Waals surface area (Å²) in [5.41, 5.74) is 5.32. The Morgan fingerprint density at radius 3 is 2.77 bits per heavy atom. The molecule has 1 aliphatic rings. The van der Waals surface area contributed by atoms with E-state index in [4.69, 9.17) is 16.7 Å². The van der Waals surface area contributed by atoms with E-state index in [1.54, 1.807) is 24.4 Å². The number of piperidine rings is 1. The van der Waals surface area contributed by atoms with Gasteiger partial charge in [0.2, 0.25) is 0 Å². The van der Waals surface area contributed by atoms with Crippen LogP contribution < -0.4 is 10.7 Å². The Kier molecular flexibility index (Phi) is 5.85. The summed E-state index contributed by atoms with van der Waals surface area (Å²) in [5.74, 6) is -1.60. The Morgan fingerprint density at radius 2 is 2.04 bits per heavy atom. The molecule has 1 heterocycles. The lowest BCUT2D eigenvalue weighted by atomic mass is 9.96. The van der Waals surface area contributed by atoms with Crippen LogP contribution in [0.25, 0.3) is 11.1 Å². The molecule has 7 heteroatoms. The number of benzene rings is 2. The fourth-order valence-corrected chi connectivity index (χ4v) is 3.10. The van der Waals surface area contributed by atoms with Crippen LogP contribution in [0.5, 0.6) is 0 Å². The van der Waals surface area contributed by atoms with Crippen LogP contribution in [0, 0.1) is 11.7 Å². The van der Waals surface area contributed by atoms with Gasteiger partial charge in [0.25, 0.3) is 0 Å². The third-order valence-corrected chi connectivity index (χ3v) is 4.58. The van der Waals surface area contributed by atoms with E-state index in [1.165, 1.54) is 12.1 Å². The van der Waals surface area contributed by atoms with Gasteiger partial charge < -0.3 is 15.8 Å². The molecule has 1 fully saturated rings. The summed E-state index contributed by atoms with van der Waals surface area (Å²) in [6.07, 6.45) is 2.05. The van der Waals surface area contributed by atoms with Crippen LogP contribution in [0.2, 0.25) is 5.02 Å². The van der Waals surface area contributed by atoms with Gasteiger partial charge in [0.05, 0.1) is 18.2 Å². The fraction of sp³-hybridized carbons (Fsp3) is 0.263. The average molecular weight is 376 g/mol. The molecule has 0 unspecified atom stereocenters. The molecule has 0 aromatic heterocycles. The second kappa shape index (κ2) is 8.29. The van der Waals surface area contributed by atoms with Crippen LogP contribution in [0.4, 0.5) is 4.39 Å². The molecule has 0 aliphatic carbocycles. The molecule has 3 rings (SSSR count). The van der Waals surface area contributed by atoms with Crippen LogP contribution in [0.3, 0.4) is 0 Å². The molecular weight excluding hydrogens is 357 g/mol. The maximum Gasteiger partial charge on any atom is 0.307 e. The first kappa shape index (κ1) is 18.4. The van der Waals surface area contributed by atoms with Crippen molar-refractivity contribution in [1.29, 1.82) is 0 Å². The van der Waals surface area contributed by atoms with Crippen molar-refractivity contribution < 1.29 is 14.3 Å². The summed E-state index contributed by atoms with van der Waals surface area (Å²) >= 11 is 5.92. The number of rotatable bonds is 5. The quantitative estimate of drug-likeness (QED) is 0.554. The second-order valence-corrected chi connectivity index (χ2v) is 6.69. The number of carboxylic acid groups (broad SMARTS) is 1. The van der Waals surface area contributed by atoms with Crippen molar-refractivity contribution in [3.63, 3.8) is 0 Å². The number of halogens is 2. The third-order valence-electron chi connectivity index (χ3n) is 4.33. The lowest BCUT2D eigenvalue weighted by Gasteiger charge is -2.27. The van der Waals surface area contributed by atoms with E-state index in [0.29, 0.717) is 30.1 Å². The van der Waals surface area contributed by atoms with Gasteiger partial charge in [-0.15, -0.1) is 0 Å². The van der Waals surface area contributed by atoms with Gasteiger partial charge in [-0.1, -0.05) is 29.8 Å². The van der Waals surface area contributed by atoms with Gasteiger partial charge in [0.15, 0.2) is 0 Å². The first-order valence-electron chi connectivity index (χ1n) is 8.30. The summed E-state index contributed by atoms with van der Waals surface area (Å²) in [6, 6.07) is 11.7. The lowest BCUT2D eigenvalue weighted by Crippen LogP contribution is -2.47. The maximum atomic E-state index is 13.7. The Labute approximate surface area is 155 Å². The highest BCUT2D eigenvalue weighted by Crippen LogP contribution is 2.25. The Hall–Kier alpha value is -2.44. The summed E-state index contributed by atoms with van der Waals surface area (Å²) in [5, 5.41) is 17.0. The summed E-state index contributed by atoms with van der Waals surface area (Å²) < 4.78 is 13.7. The van der Waals surface area contributed by atoms with E-state index in [2.05, 4.69) is 15.8 Å². The molecule has 0 amide bonds. The monoisotopic (exact) mass is 375 g/mol. The Balaban J connectivity index is 1.74. The first-order chi connectivity index (χ1) is 12.5. The number of aliphatic carboxylic acids is 1. The molecule has 1 aliphatic heterocycles. The largest absolute Gasteiger partial charge is 0.481 e. The van der Waals surface area contributed by atoms with E-state index >= 15 is 0 Å². The fourth-order valence-electron chi connectivity index (χ4n) is 2.97. The van der Waals surface area contributed by atoms with Gasteiger partial charge in [0, 0.05) is 23.7 Å². The zero-order valence-corrected chi connectivity index (χ0v) is 14.7. The zero-order valence-electron chi connectivity index (χ0n) is 14.0. The number of hydrogen-bond acceptors (Lipinski definition) is 4. The molecule has 0 radical (unpaired) electrons. The molecule has 2 atom stereocenters. The van der Waals surface area contributed by atoms with Crippen LogP contribution in [0.1, 0.15) is 12.0 Å². The number of carboxylic acids is 1. The highest BCUT2D eigenvalue weighted by atomic mass is 35.5. The van der Waals surface area contributed by atoms with Crippen molar-refractivity contribution >= 4 is 23.8 Å². The molecule has 0 spiro atoms. The normalized spacial score (nSPS) is 20.2. The Morgan fingerprint density at radius 1 is 1.27 bits per heavy atom. The molecule has 5 nitrogen and oxygen atoms in total. The molecule has 26 heavy (non-hydrogen) atoms. The van der Waals surface area contributed by atoms with E-state index in [0.717, 1.165) is 11.1 Å². The molecule has 136 valence electrons. The number of hydrazone groups is 1. The second-order valence-electron chi connectivity index (χ2n) is 6.25. The highest BCUT2D eigenvalue weighted by Gasteiger charge is 2.26. The Bertz CT molecular complexity index is 811. The number of hydrogen-bond donors (Lipinski definition) is 3. The van der Waals surface area contributed by atoms with Gasteiger partial charge in [-0.25, -0.2) is 4.39 Å². The minimum atomic E-state index is -0.817. The minimum Gasteiger partial charge on any atom is -0.481 e. The number of nitrogens with zero attached hydrogens (tertiary/aromatic N) is 1. The smallest absolute Gasteiger partial charge is 0.307 e. The van der Waals surface area contributed by atoms with Gasteiger partial charge in [-0.05, 0) is 41.8 Å². The summed E-state index contributed by atoms with van der Waals surface area (Å²) in [6.45, 7) is 1.09. The van der Waals surface area contributed by atoms with Crippen LogP contribution >= 0.6 is 11.6 Å². The van der Waals surface area contributed by atoms with Crippen molar-refractivity contribution in [2.45, 2.75) is 12.5 Å². The molecule has 0 saturated carbocycles. The van der Waals surface area contributed by atoms with Gasteiger partial charge >= 0.3 is 5.97 Å². The topological polar surface area (TPSA) is 73.7 Å². The lowest BCUT2D eigenvalue weighted by molar-refractivity contribution is -0.142. The third kappa shape index (κ3) is 4.59. The average Bonchev–Trinajstić information content (AvgIpc) is 2.63. The molecule has 2 aromatic rings. The van der Waals surface area contributed by atoms with Crippen molar-refractivity contribution in [2.24, 2.45) is 11.0 Å². The predicted octanol–water partition coefficient (Wildman–Crippen LogP) is 3.13. The summed E-state index contributed by atoms with van der Waals surface area (Å²) in [4.78, 5) is 11.1. The molecule has 0 bridgehead atoms. The van der Waals surface area contributed by atoms with Gasteiger partial charge in [0.1, 0.15) is 5.82 Å². The predicted molar refractivity (Wildman–Crippen MR) is 100.0 cm³/mol. The van der Waals surface area contributed by atoms with E-state index in [-0.39, 0.29) is 11.9 Å². The van der Waals surface area contributed by atoms with E-state index < -0.39 is 11.9 Å². The van der Waals surface area contributed by atoms with Crippen LogP contribution in [-0.4, -0.2) is 36.4 Å².